The van der Waals surface area contributed by atoms with Gasteiger partial charge in [0.25, 0.3) is 0 Å². The van der Waals surface area contributed by atoms with E-state index in [1.54, 1.807) is 11.3 Å². The zero-order valence-electron chi connectivity index (χ0n) is 12.6. The van der Waals surface area contributed by atoms with Crippen molar-refractivity contribution >= 4 is 27.9 Å². The molecular weight excluding hydrogens is 278 g/mol. The molecule has 0 spiro atoms. The maximum Gasteiger partial charge on any atom is 0.0981 e. The first-order valence-electron chi connectivity index (χ1n) is 7.06. The van der Waals surface area contributed by atoms with Gasteiger partial charge in [-0.05, 0) is 24.3 Å². The van der Waals surface area contributed by atoms with Crippen LogP contribution in [-0.2, 0) is 12.0 Å². The highest BCUT2D eigenvalue weighted by Crippen LogP contribution is 2.27. The Hall–Kier alpha value is -1.94. The molecule has 0 aliphatic carbocycles. The maximum atomic E-state index is 4.52. The van der Waals surface area contributed by atoms with Crippen LogP contribution in [0.1, 0.15) is 30.7 Å². The third-order valence-electron chi connectivity index (χ3n) is 3.26. The Morgan fingerprint density at radius 2 is 2.00 bits per heavy atom. The molecule has 108 valence electrons. The fourth-order valence-electron chi connectivity index (χ4n) is 2.11. The summed E-state index contributed by atoms with van der Waals surface area (Å²) in [7, 11) is 0. The first kappa shape index (κ1) is 14.0. The fourth-order valence-corrected chi connectivity index (χ4v) is 3.02. The normalized spacial score (nSPS) is 11.8. The second-order valence-corrected chi connectivity index (χ2v) is 7.26. The smallest absolute Gasteiger partial charge is 0.0981 e. The van der Waals surface area contributed by atoms with Crippen LogP contribution in [0.15, 0.2) is 42.7 Å². The molecule has 21 heavy (non-hydrogen) atoms. The summed E-state index contributed by atoms with van der Waals surface area (Å²) in [5, 5.41) is 5.80. The van der Waals surface area contributed by atoms with E-state index in [0.717, 1.165) is 23.1 Å². The number of nitrogens with zero attached hydrogens (tertiary/aromatic N) is 2. The van der Waals surface area contributed by atoms with Crippen molar-refractivity contribution in [1.82, 2.24) is 9.97 Å². The Kier molecular flexibility index (Phi) is 3.64. The molecule has 0 aliphatic heterocycles. The molecular formula is C17H19N3S. The first-order chi connectivity index (χ1) is 10.0. The number of thiazole rings is 1. The molecule has 3 nitrogen and oxygen atoms in total. The van der Waals surface area contributed by atoms with Gasteiger partial charge in [0.05, 0.1) is 17.1 Å². The van der Waals surface area contributed by atoms with Crippen molar-refractivity contribution < 1.29 is 0 Å². The van der Waals surface area contributed by atoms with Crippen LogP contribution in [-0.4, -0.2) is 9.97 Å². The van der Waals surface area contributed by atoms with Crippen molar-refractivity contribution in [3.63, 3.8) is 0 Å². The predicted molar refractivity (Wildman–Crippen MR) is 89.9 cm³/mol. The molecule has 0 atom stereocenters. The number of rotatable bonds is 3. The zero-order valence-corrected chi connectivity index (χ0v) is 13.4. The van der Waals surface area contributed by atoms with E-state index in [4.69, 9.17) is 0 Å². The average Bonchev–Trinajstić information content (AvgIpc) is 2.94. The topological polar surface area (TPSA) is 37.8 Å². The maximum absolute atomic E-state index is 4.52. The van der Waals surface area contributed by atoms with E-state index in [2.05, 4.69) is 54.3 Å². The lowest BCUT2D eigenvalue weighted by Crippen LogP contribution is -2.09. The Labute approximate surface area is 129 Å². The number of fused-ring (bicyclic) bond motifs is 1. The van der Waals surface area contributed by atoms with Gasteiger partial charge < -0.3 is 5.32 Å². The summed E-state index contributed by atoms with van der Waals surface area (Å²) in [6.07, 6.45) is 3.79. The summed E-state index contributed by atoms with van der Waals surface area (Å²) in [5.74, 6) is 0. The lowest BCUT2D eigenvalue weighted by atomic mass is 9.98. The average molecular weight is 297 g/mol. The van der Waals surface area contributed by atoms with Crippen LogP contribution in [0, 0.1) is 0 Å². The van der Waals surface area contributed by atoms with Gasteiger partial charge in [-0.3, -0.25) is 4.98 Å². The molecule has 0 radical (unpaired) electrons. The molecule has 1 aromatic carbocycles. The summed E-state index contributed by atoms with van der Waals surface area (Å²) >= 11 is 1.78. The van der Waals surface area contributed by atoms with Crippen molar-refractivity contribution in [2.75, 3.05) is 5.32 Å². The van der Waals surface area contributed by atoms with E-state index in [0.29, 0.717) is 0 Å². The van der Waals surface area contributed by atoms with Crippen molar-refractivity contribution in [1.29, 1.82) is 0 Å². The van der Waals surface area contributed by atoms with Crippen LogP contribution in [0.3, 0.4) is 0 Å². The monoisotopic (exact) mass is 297 g/mol. The minimum Gasteiger partial charge on any atom is -0.380 e. The number of aromatic nitrogens is 2. The predicted octanol–water partition coefficient (Wildman–Crippen LogP) is 4.60. The number of benzene rings is 1. The summed E-state index contributed by atoms with van der Waals surface area (Å²) in [6, 6.07) is 10.3. The fraction of sp³-hybridized carbons (Fsp3) is 0.294. The van der Waals surface area contributed by atoms with Gasteiger partial charge in [0.2, 0.25) is 0 Å². The van der Waals surface area contributed by atoms with E-state index in [1.165, 1.54) is 9.88 Å². The number of anilines is 1. The lowest BCUT2D eigenvalue weighted by molar-refractivity contribution is 0.585. The molecule has 0 fully saturated rings. The van der Waals surface area contributed by atoms with Crippen LogP contribution >= 0.6 is 11.3 Å². The van der Waals surface area contributed by atoms with E-state index in [9.17, 15) is 0 Å². The summed E-state index contributed by atoms with van der Waals surface area (Å²) in [6.45, 7) is 7.39. The minimum absolute atomic E-state index is 0.123. The quantitative estimate of drug-likeness (QED) is 0.767. The Bertz CT molecular complexity index is 756. The second kappa shape index (κ2) is 5.45. The van der Waals surface area contributed by atoms with Gasteiger partial charge in [-0.25, -0.2) is 4.98 Å². The van der Waals surface area contributed by atoms with Crippen LogP contribution in [0.5, 0.6) is 0 Å². The van der Waals surface area contributed by atoms with Gasteiger partial charge >= 0.3 is 0 Å². The zero-order chi connectivity index (χ0) is 14.9. The number of hydrogen-bond acceptors (Lipinski definition) is 4. The molecule has 0 unspecified atom stereocenters. The Morgan fingerprint density at radius 3 is 2.76 bits per heavy atom. The second-order valence-electron chi connectivity index (χ2n) is 6.15. The Morgan fingerprint density at radius 1 is 1.14 bits per heavy atom. The largest absolute Gasteiger partial charge is 0.380 e. The van der Waals surface area contributed by atoms with Gasteiger partial charge in [-0.1, -0.05) is 26.8 Å². The summed E-state index contributed by atoms with van der Waals surface area (Å²) < 4.78 is 0. The number of nitrogens with one attached hydrogen (secondary N) is 1. The summed E-state index contributed by atoms with van der Waals surface area (Å²) in [5.41, 5.74) is 2.26. The molecule has 0 amide bonds. The highest BCUT2D eigenvalue weighted by molar-refractivity contribution is 7.11. The standard InChI is InChI=1S/C17H19N3S/c1-17(2,3)16-20-11-14(21-16)10-19-13-6-7-15-12(9-13)5-4-8-18-15/h4-9,11,19H,10H2,1-3H3. The van der Waals surface area contributed by atoms with E-state index in [-0.39, 0.29) is 5.41 Å². The molecule has 2 heterocycles. The molecule has 2 aromatic heterocycles. The number of hydrogen-bond donors (Lipinski definition) is 1. The van der Waals surface area contributed by atoms with Crippen LogP contribution in [0.2, 0.25) is 0 Å². The summed E-state index contributed by atoms with van der Waals surface area (Å²) in [4.78, 5) is 10.1. The molecule has 0 aliphatic rings. The van der Waals surface area contributed by atoms with Crippen molar-refractivity contribution in [2.45, 2.75) is 32.7 Å². The van der Waals surface area contributed by atoms with E-state index >= 15 is 0 Å². The minimum atomic E-state index is 0.123. The van der Waals surface area contributed by atoms with Crippen LogP contribution in [0.4, 0.5) is 5.69 Å². The Balaban J connectivity index is 1.73. The molecule has 3 rings (SSSR count). The van der Waals surface area contributed by atoms with Gasteiger partial charge in [-0.2, -0.15) is 0 Å². The third kappa shape index (κ3) is 3.22. The van der Waals surface area contributed by atoms with Crippen LogP contribution in [0.25, 0.3) is 10.9 Å². The van der Waals surface area contributed by atoms with E-state index in [1.807, 2.05) is 24.5 Å². The lowest BCUT2D eigenvalue weighted by Gasteiger charge is -2.13. The van der Waals surface area contributed by atoms with Crippen molar-refractivity contribution in [3.05, 3.63) is 52.6 Å². The van der Waals surface area contributed by atoms with Gasteiger partial charge in [0.15, 0.2) is 0 Å². The third-order valence-corrected chi connectivity index (χ3v) is 4.69. The number of pyridine rings is 1. The van der Waals surface area contributed by atoms with Crippen LogP contribution < -0.4 is 5.32 Å². The van der Waals surface area contributed by atoms with Gasteiger partial charge in [-0.15, -0.1) is 11.3 Å². The van der Waals surface area contributed by atoms with Gasteiger partial charge in [0, 0.05) is 33.8 Å². The highest BCUT2D eigenvalue weighted by atomic mass is 32.1. The highest BCUT2D eigenvalue weighted by Gasteiger charge is 2.17. The molecule has 0 saturated carbocycles. The molecule has 0 bridgehead atoms. The first-order valence-corrected chi connectivity index (χ1v) is 7.88. The van der Waals surface area contributed by atoms with Gasteiger partial charge in [0.1, 0.15) is 0 Å². The van der Waals surface area contributed by atoms with Crippen molar-refractivity contribution in [3.8, 4) is 0 Å². The SMILES string of the molecule is CC(C)(C)c1ncc(CNc2ccc3ncccc3c2)s1. The van der Waals surface area contributed by atoms with Crippen molar-refractivity contribution in [2.24, 2.45) is 0 Å². The molecule has 4 heteroatoms. The molecule has 0 saturated heterocycles. The molecule has 1 N–H and O–H groups in total. The van der Waals surface area contributed by atoms with E-state index < -0.39 is 0 Å². The molecule has 3 aromatic rings.